The summed E-state index contributed by atoms with van der Waals surface area (Å²) in [6.45, 7) is 3.56. The summed E-state index contributed by atoms with van der Waals surface area (Å²) in [4.78, 5) is 16.6. The number of methoxy groups -OCH3 is 2. The molecule has 0 aromatic heterocycles. The molecule has 1 heterocycles. The van der Waals surface area contributed by atoms with Crippen LogP contribution in [0, 0.1) is 5.82 Å². The van der Waals surface area contributed by atoms with Crippen molar-refractivity contribution in [2.75, 3.05) is 45.7 Å². The maximum absolute atomic E-state index is 13.0. The van der Waals surface area contributed by atoms with Gasteiger partial charge in [0.25, 0.3) is 0 Å². The summed E-state index contributed by atoms with van der Waals surface area (Å²) in [5.41, 5.74) is 1.70. The molecule has 0 bridgehead atoms. The van der Waals surface area contributed by atoms with Gasteiger partial charge in [-0.1, -0.05) is 12.1 Å². The highest BCUT2D eigenvalue weighted by molar-refractivity contribution is 5.90. The van der Waals surface area contributed by atoms with Gasteiger partial charge in [-0.2, -0.15) is 0 Å². The van der Waals surface area contributed by atoms with Gasteiger partial charge in [-0.15, -0.1) is 0 Å². The van der Waals surface area contributed by atoms with E-state index in [2.05, 4.69) is 10.2 Å². The zero-order chi connectivity index (χ0) is 19.2. The monoisotopic (exact) mass is 373 g/mol. The summed E-state index contributed by atoms with van der Waals surface area (Å²) in [5, 5.41) is 2.90. The van der Waals surface area contributed by atoms with E-state index in [0.29, 0.717) is 30.3 Å². The molecule has 1 fully saturated rings. The average Bonchev–Trinajstić information content (AvgIpc) is 2.70. The molecular formula is C20H24FN3O3. The molecule has 27 heavy (non-hydrogen) atoms. The summed E-state index contributed by atoms with van der Waals surface area (Å²) < 4.78 is 23.5. The highest BCUT2D eigenvalue weighted by Gasteiger charge is 2.21. The highest BCUT2D eigenvalue weighted by atomic mass is 19.1. The van der Waals surface area contributed by atoms with Crippen molar-refractivity contribution in [1.82, 2.24) is 9.80 Å². The van der Waals surface area contributed by atoms with Gasteiger partial charge < -0.3 is 19.7 Å². The summed E-state index contributed by atoms with van der Waals surface area (Å²) >= 11 is 0. The Kier molecular flexibility index (Phi) is 6.13. The number of hydrogen-bond acceptors (Lipinski definition) is 4. The third kappa shape index (κ3) is 5.10. The summed E-state index contributed by atoms with van der Waals surface area (Å²) in [5.74, 6) is 1.01. The van der Waals surface area contributed by atoms with E-state index in [1.807, 2.05) is 0 Å². The van der Waals surface area contributed by atoms with E-state index in [0.717, 1.165) is 25.2 Å². The van der Waals surface area contributed by atoms with Crippen molar-refractivity contribution in [3.05, 3.63) is 53.8 Å². The van der Waals surface area contributed by atoms with Crippen LogP contribution in [0.2, 0.25) is 0 Å². The lowest BCUT2D eigenvalue weighted by Crippen LogP contribution is -2.49. The van der Waals surface area contributed by atoms with Crippen LogP contribution in [0.5, 0.6) is 11.5 Å². The van der Waals surface area contributed by atoms with Gasteiger partial charge in [-0.3, -0.25) is 4.90 Å². The van der Waals surface area contributed by atoms with Gasteiger partial charge in [0.15, 0.2) is 0 Å². The Labute approximate surface area is 158 Å². The van der Waals surface area contributed by atoms with E-state index in [-0.39, 0.29) is 11.8 Å². The van der Waals surface area contributed by atoms with Crippen LogP contribution in [0.4, 0.5) is 14.9 Å². The van der Waals surface area contributed by atoms with Gasteiger partial charge in [0.1, 0.15) is 17.3 Å². The van der Waals surface area contributed by atoms with Gasteiger partial charge >= 0.3 is 6.03 Å². The first kappa shape index (κ1) is 19.0. The molecule has 7 heteroatoms. The molecule has 0 spiro atoms. The number of nitrogens with one attached hydrogen (secondary N) is 1. The average molecular weight is 373 g/mol. The van der Waals surface area contributed by atoms with Crippen molar-refractivity contribution in [3.63, 3.8) is 0 Å². The molecule has 2 aromatic carbocycles. The zero-order valence-electron chi connectivity index (χ0n) is 15.6. The maximum Gasteiger partial charge on any atom is 0.321 e. The van der Waals surface area contributed by atoms with Crippen LogP contribution in [0.15, 0.2) is 42.5 Å². The van der Waals surface area contributed by atoms with Gasteiger partial charge in [0.05, 0.1) is 14.2 Å². The SMILES string of the molecule is COc1cc(NC(=O)N2CCN(Cc3ccc(F)cc3)CC2)cc(OC)c1. The minimum absolute atomic E-state index is 0.147. The molecule has 3 rings (SSSR count). The molecule has 1 saturated heterocycles. The molecule has 0 unspecified atom stereocenters. The number of piperazine rings is 1. The molecule has 0 aliphatic carbocycles. The molecule has 1 N–H and O–H groups in total. The molecule has 2 aromatic rings. The summed E-state index contributed by atoms with van der Waals surface area (Å²) in [6.07, 6.45) is 0. The van der Waals surface area contributed by atoms with Crippen LogP contribution in [-0.2, 0) is 6.54 Å². The molecule has 1 aliphatic rings. The number of ether oxygens (including phenoxy) is 2. The van der Waals surface area contributed by atoms with E-state index in [1.165, 1.54) is 12.1 Å². The molecule has 0 atom stereocenters. The second-order valence-electron chi connectivity index (χ2n) is 6.42. The number of rotatable bonds is 5. The Morgan fingerprint density at radius 3 is 2.15 bits per heavy atom. The Hall–Kier alpha value is -2.80. The van der Waals surface area contributed by atoms with Crippen LogP contribution in [-0.4, -0.2) is 56.2 Å². The van der Waals surface area contributed by atoms with Crippen LogP contribution >= 0.6 is 0 Å². The quantitative estimate of drug-likeness (QED) is 0.875. The van der Waals surface area contributed by atoms with E-state index in [1.54, 1.807) is 49.5 Å². The molecule has 6 nitrogen and oxygen atoms in total. The second-order valence-corrected chi connectivity index (χ2v) is 6.42. The number of anilines is 1. The Morgan fingerprint density at radius 1 is 1.00 bits per heavy atom. The Balaban J connectivity index is 1.53. The Bertz CT molecular complexity index is 752. The molecule has 1 aliphatic heterocycles. The third-order valence-electron chi connectivity index (χ3n) is 4.58. The third-order valence-corrected chi connectivity index (χ3v) is 4.58. The van der Waals surface area contributed by atoms with Crippen LogP contribution in [0.3, 0.4) is 0 Å². The lowest BCUT2D eigenvalue weighted by Gasteiger charge is -2.34. The number of nitrogens with zero attached hydrogens (tertiary/aromatic N) is 2. The number of carbonyl (C=O) groups excluding carboxylic acids is 1. The van der Waals surface area contributed by atoms with Crippen molar-refractivity contribution < 1.29 is 18.7 Å². The van der Waals surface area contributed by atoms with Gasteiger partial charge in [-0.05, 0) is 17.7 Å². The van der Waals surface area contributed by atoms with E-state index < -0.39 is 0 Å². The molecule has 0 saturated carbocycles. The molecular weight excluding hydrogens is 349 g/mol. The predicted molar refractivity (Wildman–Crippen MR) is 102 cm³/mol. The predicted octanol–water partition coefficient (Wildman–Crippen LogP) is 3.19. The summed E-state index contributed by atoms with van der Waals surface area (Å²) in [7, 11) is 3.14. The standard InChI is InChI=1S/C20H24FN3O3/c1-26-18-11-17(12-19(13-18)27-2)22-20(25)24-9-7-23(8-10-24)14-15-3-5-16(21)6-4-15/h3-6,11-13H,7-10,14H2,1-2H3,(H,22,25). The zero-order valence-corrected chi connectivity index (χ0v) is 15.6. The molecule has 0 radical (unpaired) electrons. The Morgan fingerprint density at radius 2 is 1.59 bits per heavy atom. The van der Waals surface area contributed by atoms with Gasteiger partial charge in [0, 0.05) is 56.6 Å². The second kappa shape index (κ2) is 8.73. The largest absolute Gasteiger partial charge is 0.497 e. The van der Waals surface area contributed by atoms with Crippen molar-refractivity contribution in [3.8, 4) is 11.5 Å². The molecule has 144 valence electrons. The number of benzene rings is 2. The fraction of sp³-hybridized carbons (Fsp3) is 0.350. The molecule has 2 amide bonds. The van der Waals surface area contributed by atoms with Crippen molar-refractivity contribution in [2.45, 2.75) is 6.54 Å². The minimum Gasteiger partial charge on any atom is -0.497 e. The number of hydrogen-bond donors (Lipinski definition) is 1. The number of halogens is 1. The van der Waals surface area contributed by atoms with Crippen LogP contribution in [0.25, 0.3) is 0 Å². The lowest BCUT2D eigenvalue weighted by molar-refractivity contribution is 0.143. The summed E-state index contributed by atoms with van der Waals surface area (Å²) in [6, 6.07) is 11.7. The van der Waals surface area contributed by atoms with E-state index >= 15 is 0 Å². The fourth-order valence-corrected chi connectivity index (χ4v) is 3.04. The minimum atomic E-state index is -0.227. The number of carbonyl (C=O) groups is 1. The van der Waals surface area contributed by atoms with Crippen LogP contribution < -0.4 is 14.8 Å². The smallest absolute Gasteiger partial charge is 0.321 e. The van der Waals surface area contributed by atoms with Gasteiger partial charge in [0.2, 0.25) is 0 Å². The number of urea groups is 1. The maximum atomic E-state index is 13.0. The van der Waals surface area contributed by atoms with Gasteiger partial charge in [-0.25, -0.2) is 9.18 Å². The first-order valence-electron chi connectivity index (χ1n) is 8.83. The highest BCUT2D eigenvalue weighted by Crippen LogP contribution is 2.26. The normalized spacial score (nSPS) is 14.7. The van der Waals surface area contributed by atoms with E-state index in [9.17, 15) is 9.18 Å². The topological polar surface area (TPSA) is 54.0 Å². The van der Waals surface area contributed by atoms with E-state index in [4.69, 9.17) is 9.47 Å². The first-order valence-corrected chi connectivity index (χ1v) is 8.83. The lowest BCUT2D eigenvalue weighted by atomic mass is 10.2. The number of amides is 2. The van der Waals surface area contributed by atoms with Crippen molar-refractivity contribution in [2.24, 2.45) is 0 Å². The van der Waals surface area contributed by atoms with Crippen LogP contribution in [0.1, 0.15) is 5.56 Å². The van der Waals surface area contributed by atoms with Crippen molar-refractivity contribution >= 4 is 11.7 Å². The first-order chi connectivity index (χ1) is 13.1. The van der Waals surface area contributed by atoms with Crippen molar-refractivity contribution in [1.29, 1.82) is 0 Å². The fourth-order valence-electron chi connectivity index (χ4n) is 3.04.